The molecule has 0 aliphatic carbocycles. The molecule has 0 bridgehead atoms. The van der Waals surface area contributed by atoms with Gasteiger partial charge in [-0.15, -0.1) is 0 Å². The Balaban J connectivity index is 1.42. The second kappa shape index (κ2) is 8.75. The highest BCUT2D eigenvalue weighted by Crippen LogP contribution is 2.24. The zero-order valence-corrected chi connectivity index (χ0v) is 16.8. The molecule has 2 amide bonds. The Morgan fingerprint density at radius 1 is 1.07 bits per heavy atom. The molecule has 0 atom stereocenters. The third kappa shape index (κ3) is 4.65. The molecule has 8 nitrogen and oxygen atoms in total. The molecule has 2 aromatic rings. The Labute approximate surface area is 170 Å². The minimum Gasteiger partial charge on any atom is -0.379 e. The number of carbonyl (C=O) groups excluding carboxylic acids is 2. The molecule has 29 heavy (non-hydrogen) atoms. The van der Waals surface area contributed by atoms with Gasteiger partial charge in [0.05, 0.1) is 31.6 Å². The average molecular weight is 397 g/mol. The fourth-order valence-corrected chi connectivity index (χ4v) is 3.89. The monoisotopic (exact) mass is 397 g/mol. The maximum Gasteiger partial charge on any atom is 0.236 e. The van der Waals surface area contributed by atoms with Crippen molar-refractivity contribution >= 4 is 17.5 Å². The first kappa shape index (κ1) is 19.6. The lowest BCUT2D eigenvalue weighted by molar-refractivity contribution is -0.133. The van der Waals surface area contributed by atoms with Gasteiger partial charge in [0.2, 0.25) is 11.8 Å². The number of morpholine rings is 1. The number of nitrogens with one attached hydrogen (secondary N) is 1. The Bertz CT molecular complexity index is 871. The number of carbonyl (C=O) groups is 2. The van der Waals surface area contributed by atoms with Gasteiger partial charge in [0.25, 0.3) is 0 Å². The number of benzene rings is 1. The van der Waals surface area contributed by atoms with Crippen molar-refractivity contribution in [2.24, 2.45) is 0 Å². The molecule has 2 aliphatic heterocycles. The molecular formula is C21H27N5O3. The van der Waals surface area contributed by atoms with Gasteiger partial charge in [-0.25, -0.2) is 4.98 Å². The Hall–Kier alpha value is -2.71. The van der Waals surface area contributed by atoms with E-state index in [4.69, 9.17) is 4.74 Å². The number of ether oxygens (including phenoxy) is 1. The zero-order valence-electron chi connectivity index (χ0n) is 16.8. The summed E-state index contributed by atoms with van der Waals surface area (Å²) in [6.07, 6.45) is 2.65. The second-order valence-corrected chi connectivity index (χ2v) is 7.49. The molecule has 1 aromatic heterocycles. The number of amides is 2. The average Bonchev–Trinajstić information content (AvgIpc) is 2.99. The molecule has 154 valence electrons. The van der Waals surface area contributed by atoms with Crippen LogP contribution in [0, 0.1) is 0 Å². The topological polar surface area (TPSA) is 79.7 Å². The lowest BCUT2D eigenvalue weighted by Gasteiger charge is -2.29. The van der Waals surface area contributed by atoms with Crippen LogP contribution in [-0.4, -0.2) is 77.1 Å². The van der Waals surface area contributed by atoms with Crippen molar-refractivity contribution in [3.63, 3.8) is 0 Å². The summed E-state index contributed by atoms with van der Waals surface area (Å²) in [6, 6.07) is 7.76. The molecule has 2 aliphatic rings. The van der Waals surface area contributed by atoms with Gasteiger partial charge in [-0.3, -0.25) is 14.5 Å². The molecular weight excluding hydrogens is 370 g/mol. The van der Waals surface area contributed by atoms with Gasteiger partial charge in [0.15, 0.2) is 0 Å². The summed E-state index contributed by atoms with van der Waals surface area (Å²) in [5.41, 5.74) is 2.86. The fraction of sp³-hybridized carbons (Fsp3) is 0.476. The summed E-state index contributed by atoms with van der Waals surface area (Å²) in [5.74, 6) is 1.10. The van der Waals surface area contributed by atoms with E-state index in [0.717, 1.165) is 48.8 Å². The zero-order chi connectivity index (χ0) is 20.2. The van der Waals surface area contributed by atoms with Crippen LogP contribution in [0.4, 0.5) is 5.69 Å². The summed E-state index contributed by atoms with van der Waals surface area (Å²) in [6.45, 7) is 7.11. The summed E-state index contributed by atoms with van der Waals surface area (Å²) in [4.78, 5) is 32.7. The molecule has 0 spiro atoms. The summed E-state index contributed by atoms with van der Waals surface area (Å²) in [5, 5.41) is 2.78. The van der Waals surface area contributed by atoms with Crippen LogP contribution in [0.1, 0.15) is 12.7 Å². The predicted molar refractivity (Wildman–Crippen MR) is 110 cm³/mol. The van der Waals surface area contributed by atoms with Gasteiger partial charge in [-0.1, -0.05) is 12.1 Å². The molecule has 0 radical (unpaired) electrons. The number of fused-ring (bicyclic) bond motifs is 1. The lowest BCUT2D eigenvalue weighted by atomic mass is 10.1. The molecule has 4 rings (SSSR count). The van der Waals surface area contributed by atoms with E-state index < -0.39 is 0 Å². The highest BCUT2D eigenvalue weighted by Gasteiger charge is 2.23. The van der Waals surface area contributed by atoms with E-state index in [1.54, 1.807) is 0 Å². The first-order chi connectivity index (χ1) is 14.1. The van der Waals surface area contributed by atoms with E-state index in [1.807, 2.05) is 35.4 Å². The van der Waals surface area contributed by atoms with Crippen LogP contribution in [0.15, 0.2) is 30.5 Å². The molecule has 0 saturated carbocycles. The number of imidazole rings is 1. The van der Waals surface area contributed by atoms with Gasteiger partial charge in [0.1, 0.15) is 5.82 Å². The third-order valence-corrected chi connectivity index (χ3v) is 5.45. The van der Waals surface area contributed by atoms with E-state index >= 15 is 0 Å². The maximum absolute atomic E-state index is 12.8. The lowest BCUT2D eigenvalue weighted by Crippen LogP contribution is -2.45. The van der Waals surface area contributed by atoms with Crippen molar-refractivity contribution in [1.29, 1.82) is 0 Å². The van der Waals surface area contributed by atoms with E-state index in [-0.39, 0.29) is 11.8 Å². The summed E-state index contributed by atoms with van der Waals surface area (Å²) < 4.78 is 7.57. The van der Waals surface area contributed by atoms with Crippen LogP contribution in [0.25, 0.3) is 11.3 Å². The number of anilines is 1. The highest BCUT2D eigenvalue weighted by atomic mass is 16.5. The van der Waals surface area contributed by atoms with Crippen LogP contribution in [0.3, 0.4) is 0 Å². The molecule has 3 heterocycles. The van der Waals surface area contributed by atoms with Crippen LogP contribution in [-0.2, 0) is 27.3 Å². The predicted octanol–water partition coefficient (Wildman–Crippen LogP) is 1.23. The minimum absolute atomic E-state index is 0.0854. The largest absolute Gasteiger partial charge is 0.379 e. The van der Waals surface area contributed by atoms with Gasteiger partial charge in [-0.2, -0.15) is 0 Å². The third-order valence-electron chi connectivity index (χ3n) is 5.45. The highest BCUT2D eigenvalue weighted by molar-refractivity contribution is 5.88. The van der Waals surface area contributed by atoms with E-state index in [0.29, 0.717) is 32.8 Å². The van der Waals surface area contributed by atoms with Crippen molar-refractivity contribution in [3.05, 3.63) is 36.3 Å². The summed E-state index contributed by atoms with van der Waals surface area (Å²) >= 11 is 0. The molecule has 0 unspecified atom stereocenters. The molecule has 8 heteroatoms. The van der Waals surface area contributed by atoms with Crippen LogP contribution < -0.4 is 5.32 Å². The maximum atomic E-state index is 12.8. The fourth-order valence-electron chi connectivity index (χ4n) is 3.89. The second-order valence-electron chi connectivity index (χ2n) is 7.49. The molecule has 1 aromatic carbocycles. The normalized spacial score (nSPS) is 17.5. The molecule has 1 fully saturated rings. The smallest absolute Gasteiger partial charge is 0.236 e. The first-order valence-electron chi connectivity index (χ1n) is 10.1. The number of rotatable bonds is 4. The number of aromatic nitrogens is 2. The standard InChI is InChI=1S/C21H27N5O3/c1-16(27)23-18-4-2-17(3-5-18)19-14-22-20-6-7-25(8-9-26(19)20)21(28)15-24-10-12-29-13-11-24/h2-5,14H,6-13,15H2,1H3,(H,23,27). The van der Waals surface area contributed by atoms with Gasteiger partial charge >= 0.3 is 0 Å². The number of hydrogen-bond donors (Lipinski definition) is 1. The number of hydrogen-bond acceptors (Lipinski definition) is 5. The Kier molecular flexibility index (Phi) is 5.92. The van der Waals surface area contributed by atoms with Crippen molar-refractivity contribution in [1.82, 2.24) is 19.4 Å². The van der Waals surface area contributed by atoms with Gasteiger partial charge in [-0.05, 0) is 17.7 Å². The van der Waals surface area contributed by atoms with Crippen LogP contribution >= 0.6 is 0 Å². The Morgan fingerprint density at radius 3 is 2.55 bits per heavy atom. The van der Waals surface area contributed by atoms with Crippen molar-refractivity contribution in [3.8, 4) is 11.3 Å². The number of nitrogens with zero attached hydrogens (tertiary/aromatic N) is 4. The van der Waals surface area contributed by atoms with E-state index in [1.165, 1.54) is 6.92 Å². The first-order valence-corrected chi connectivity index (χ1v) is 10.1. The molecule has 1 saturated heterocycles. The van der Waals surface area contributed by atoms with Crippen molar-refractivity contribution in [2.75, 3.05) is 51.3 Å². The van der Waals surface area contributed by atoms with E-state index in [2.05, 4.69) is 19.8 Å². The SMILES string of the molecule is CC(=O)Nc1ccc(-c2cnc3n2CCN(C(=O)CN2CCOCC2)CC3)cc1. The van der Waals surface area contributed by atoms with Gasteiger partial charge in [0, 0.05) is 51.8 Å². The van der Waals surface area contributed by atoms with Crippen molar-refractivity contribution < 1.29 is 14.3 Å². The molecule has 1 N–H and O–H groups in total. The van der Waals surface area contributed by atoms with Crippen LogP contribution in [0.2, 0.25) is 0 Å². The van der Waals surface area contributed by atoms with E-state index in [9.17, 15) is 9.59 Å². The van der Waals surface area contributed by atoms with Crippen molar-refractivity contribution in [2.45, 2.75) is 19.9 Å². The van der Waals surface area contributed by atoms with Crippen LogP contribution in [0.5, 0.6) is 0 Å². The quantitative estimate of drug-likeness (QED) is 0.839. The Morgan fingerprint density at radius 2 is 1.83 bits per heavy atom. The minimum atomic E-state index is -0.0854. The summed E-state index contributed by atoms with van der Waals surface area (Å²) in [7, 11) is 0. The van der Waals surface area contributed by atoms with Gasteiger partial charge < -0.3 is 19.5 Å².